The van der Waals surface area contributed by atoms with Gasteiger partial charge in [-0.25, -0.2) is 0 Å². The van der Waals surface area contributed by atoms with Gasteiger partial charge in [-0.05, 0) is 49.6 Å². The van der Waals surface area contributed by atoms with E-state index in [4.69, 9.17) is 9.26 Å². The largest absolute Gasteiger partial charge is 0.508 e. The number of aryl methyl sites for hydroxylation is 1. The van der Waals surface area contributed by atoms with Gasteiger partial charge in [0.25, 0.3) is 0 Å². The van der Waals surface area contributed by atoms with Crippen molar-refractivity contribution in [1.82, 2.24) is 5.16 Å². The topological polar surface area (TPSA) is 84.6 Å². The molecule has 0 bridgehead atoms. The molecule has 0 saturated heterocycles. The van der Waals surface area contributed by atoms with Gasteiger partial charge < -0.3 is 19.7 Å². The number of rotatable bonds is 4. The molecule has 1 aliphatic carbocycles. The van der Waals surface area contributed by atoms with Crippen LogP contribution in [-0.4, -0.2) is 22.7 Å². The minimum absolute atomic E-state index is 0.0761. The molecule has 2 N–H and O–H groups in total. The van der Waals surface area contributed by atoms with E-state index in [-0.39, 0.29) is 23.4 Å². The first-order valence-electron chi connectivity index (χ1n) is 10.6. The van der Waals surface area contributed by atoms with E-state index in [0.717, 1.165) is 39.4 Å². The van der Waals surface area contributed by atoms with Crippen LogP contribution in [0.25, 0.3) is 0 Å². The monoisotopic (exact) mass is 416 g/mol. The average Bonchev–Trinajstić information content (AvgIpc) is 3.14. The zero-order valence-electron chi connectivity index (χ0n) is 17.5. The molecule has 0 amide bonds. The SMILES string of the molecule is CCOc1ccc([C@@H]2C3=C(C[C@H](c4ccccc4O)CC3=O)Nc3onc(C)c32)cc1. The molecular weight excluding hydrogens is 392 g/mol. The number of carbonyl (C=O) groups is 1. The number of Topliss-reactive ketones (excluding diaryl/α,β-unsaturated/α-hetero) is 1. The molecular formula is C25H24N2O4. The van der Waals surface area contributed by atoms with Crippen LogP contribution in [0.15, 0.2) is 64.3 Å². The van der Waals surface area contributed by atoms with Crippen LogP contribution in [0.1, 0.15) is 54.0 Å². The number of allylic oxidation sites excluding steroid dienone is 2. The fourth-order valence-corrected chi connectivity index (χ4v) is 4.78. The molecule has 0 radical (unpaired) electrons. The van der Waals surface area contributed by atoms with Crippen LogP contribution in [0.5, 0.6) is 11.5 Å². The fraction of sp³-hybridized carbons (Fsp3) is 0.280. The summed E-state index contributed by atoms with van der Waals surface area (Å²) in [6, 6.07) is 15.1. The zero-order chi connectivity index (χ0) is 21.5. The Labute approximate surface area is 180 Å². The third-order valence-electron chi connectivity index (χ3n) is 6.16. The molecule has 1 aromatic heterocycles. The van der Waals surface area contributed by atoms with Crippen molar-refractivity contribution >= 4 is 11.7 Å². The average molecular weight is 416 g/mol. The Morgan fingerprint density at radius 2 is 1.94 bits per heavy atom. The Bertz CT molecular complexity index is 1180. The number of benzene rings is 2. The predicted molar refractivity (Wildman–Crippen MR) is 116 cm³/mol. The summed E-state index contributed by atoms with van der Waals surface area (Å²) >= 11 is 0. The number of phenolic OH excluding ortho intramolecular Hbond substituents is 1. The standard InChI is InChI=1S/C25H24N2O4/c1-3-30-17-10-8-15(9-11-17)23-22-14(2)27-31-25(22)26-19-12-16(13-21(29)24(19)23)18-6-4-5-7-20(18)28/h4-11,16,23,26,28H,3,12-13H2,1-2H3/t16-,23-/m0/s1. The zero-order valence-corrected chi connectivity index (χ0v) is 17.5. The van der Waals surface area contributed by atoms with Gasteiger partial charge in [-0.1, -0.05) is 35.5 Å². The van der Waals surface area contributed by atoms with E-state index in [0.29, 0.717) is 25.3 Å². The molecule has 1 aliphatic heterocycles. The van der Waals surface area contributed by atoms with Crippen LogP contribution in [0, 0.1) is 6.92 Å². The summed E-state index contributed by atoms with van der Waals surface area (Å²) in [4.78, 5) is 13.5. The first-order chi connectivity index (χ1) is 15.1. The number of hydrogen-bond donors (Lipinski definition) is 2. The molecule has 2 heterocycles. The third kappa shape index (κ3) is 3.28. The molecule has 0 fully saturated rings. The highest BCUT2D eigenvalue weighted by Gasteiger charge is 2.41. The van der Waals surface area contributed by atoms with E-state index in [9.17, 15) is 9.90 Å². The van der Waals surface area contributed by atoms with E-state index in [1.54, 1.807) is 12.1 Å². The van der Waals surface area contributed by atoms with Gasteiger partial charge in [0.1, 0.15) is 11.5 Å². The number of aromatic nitrogens is 1. The first kappa shape index (κ1) is 19.4. The lowest BCUT2D eigenvalue weighted by Crippen LogP contribution is -2.29. The number of fused-ring (bicyclic) bond motifs is 1. The van der Waals surface area contributed by atoms with Crippen LogP contribution in [-0.2, 0) is 4.79 Å². The van der Waals surface area contributed by atoms with Gasteiger partial charge in [0.2, 0.25) is 5.88 Å². The van der Waals surface area contributed by atoms with Crippen molar-refractivity contribution in [3.05, 3.63) is 82.2 Å². The van der Waals surface area contributed by atoms with Crippen molar-refractivity contribution in [2.45, 2.75) is 38.5 Å². The second kappa shape index (κ2) is 7.61. The Morgan fingerprint density at radius 3 is 2.68 bits per heavy atom. The highest BCUT2D eigenvalue weighted by atomic mass is 16.5. The summed E-state index contributed by atoms with van der Waals surface area (Å²) in [5.74, 6) is 1.34. The Kier molecular flexibility index (Phi) is 4.77. The van der Waals surface area contributed by atoms with Crippen molar-refractivity contribution in [2.75, 3.05) is 11.9 Å². The van der Waals surface area contributed by atoms with Crippen molar-refractivity contribution in [3.63, 3.8) is 0 Å². The molecule has 5 rings (SSSR count). The highest BCUT2D eigenvalue weighted by molar-refractivity contribution is 6.01. The van der Waals surface area contributed by atoms with Gasteiger partial charge in [0, 0.05) is 29.5 Å². The maximum atomic E-state index is 13.5. The normalized spacial score (nSPS) is 20.1. The maximum Gasteiger partial charge on any atom is 0.233 e. The van der Waals surface area contributed by atoms with E-state index >= 15 is 0 Å². The molecule has 2 aromatic carbocycles. The van der Waals surface area contributed by atoms with Gasteiger partial charge in [-0.15, -0.1) is 0 Å². The number of hydrogen-bond acceptors (Lipinski definition) is 6. The smallest absolute Gasteiger partial charge is 0.233 e. The van der Waals surface area contributed by atoms with E-state index in [1.807, 2.05) is 50.2 Å². The van der Waals surface area contributed by atoms with Crippen LogP contribution in [0.2, 0.25) is 0 Å². The number of carbonyl (C=O) groups excluding carboxylic acids is 1. The lowest BCUT2D eigenvalue weighted by atomic mass is 9.72. The Balaban J connectivity index is 1.59. The van der Waals surface area contributed by atoms with Crippen LogP contribution in [0.4, 0.5) is 5.88 Å². The van der Waals surface area contributed by atoms with Gasteiger partial charge in [0.15, 0.2) is 5.78 Å². The molecule has 6 nitrogen and oxygen atoms in total. The van der Waals surface area contributed by atoms with Crippen LogP contribution in [0.3, 0.4) is 0 Å². The second-order valence-corrected chi connectivity index (χ2v) is 8.05. The quantitative estimate of drug-likeness (QED) is 0.619. The van der Waals surface area contributed by atoms with Crippen LogP contribution < -0.4 is 10.1 Å². The van der Waals surface area contributed by atoms with E-state index in [1.165, 1.54) is 0 Å². The highest BCUT2D eigenvalue weighted by Crippen LogP contribution is 2.49. The molecule has 0 spiro atoms. The lowest BCUT2D eigenvalue weighted by molar-refractivity contribution is -0.116. The minimum atomic E-state index is -0.244. The predicted octanol–water partition coefficient (Wildman–Crippen LogP) is 5.05. The second-order valence-electron chi connectivity index (χ2n) is 8.05. The lowest BCUT2D eigenvalue weighted by Gasteiger charge is -2.34. The van der Waals surface area contributed by atoms with Gasteiger partial charge >= 0.3 is 0 Å². The van der Waals surface area contributed by atoms with E-state index in [2.05, 4.69) is 10.5 Å². The number of aromatic hydroxyl groups is 1. The summed E-state index contributed by atoms with van der Waals surface area (Å²) in [7, 11) is 0. The van der Waals surface area contributed by atoms with Crippen molar-refractivity contribution < 1.29 is 19.2 Å². The molecule has 158 valence electrons. The molecule has 3 aromatic rings. The number of nitrogens with zero attached hydrogens (tertiary/aromatic N) is 1. The van der Waals surface area contributed by atoms with Crippen LogP contribution >= 0.6 is 0 Å². The first-order valence-corrected chi connectivity index (χ1v) is 10.6. The molecule has 0 saturated carbocycles. The molecule has 2 aliphatic rings. The number of phenols is 1. The molecule has 31 heavy (non-hydrogen) atoms. The molecule has 2 atom stereocenters. The minimum Gasteiger partial charge on any atom is -0.508 e. The summed E-state index contributed by atoms with van der Waals surface area (Å²) in [5, 5.41) is 17.8. The summed E-state index contributed by atoms with van der Waals surface area (Å²) in [6.45, 7) is 4.45. The Hall–Kier alpha value is -3.54. The number of nitrogens with one attached hydrogen (secondary N) is 1. The van der Waals surface area contributed by atoms with Gasteiger partial charge in [0.05, 0.1) is 17.9 Å². The maximum absolute atomic E-state index is 13.5. The van der Waals surface area contributed by atoms with Crippen molar-refractivity contribution in [2.24, 2.45) is 0 Å². The number of ketones is 1. The van der Waals surface area contributed by atoms with Gasteiger partial charge in [-0.2, -0.15) is 0 Å². The van der Waals surface area contributed by atoms with Gasteiger partial charge in [-0.3, -0.25) is 4.79 Å². The van der Waals surface area contributed by atoms with E-state index < -0.39 is 0 Å². The number of para-hydroxylation sites is 1. The fourth-order valence-electron chi connectivity index (χ4n) is 4.78. The molecule has 6 heteroatoms. The third-order valence-corrected chi connectivity index (χ3v) is 6.16. The Morgan fingerprint density at radius 1 is 1.16 bits per heavy atom. The molecule has 0 unspecified atom stereocenters. The summed E-state index contributed by atoms with van der Waals surface area (Å²) in [6.07, 6.45) is 0.969. The number of ether oxygens (including phenoxy) is 1. The van der Waals surface area contributed by atoms with Crippen molar-refractivity contribution in [1.29, 1.82) is 0 Å². The van der Waals surface area contributed by atoms with Crippen molar-refractivity contribution in [3.8, 4) is 11.5 Å². The summed E-state index contributed by atoms with van der Waals surface area (Å²) in [5.41, 5.74) is 5.06. The number of anilines is 1. The summed E-state index contributed by atoms with van der Waals surface area (Å²) < 4.78 is 11.2.